The second-order valence-electron chi connectivity index (χ2n) is 14.6. The molecule has 0 saturated carbocycles. The molecule has 57 heavy (non-hydrogen) atoms. The number of anilines is 3. The summed E-state index contributed by atoms with van der Waals surface area (Å²) in [6.07, 6.45) is 0. The third-order valence-corrected chi connectivity index (χ3v) is 12.3. The van der Waals surface area contributed by atoms with Crippen LogP contribution in [-0.4, -0.2) is 4.57 Å². The molecular formula is C54H36N2S. The van der Waals surface area contributed by atoms with E-state index < -0.39 is 0 Å². The van der Waals surface area contributed by atoms with Crippen LogP contribution >= 0.6 is 11.3 Å². The summed E-state index contributed by atoms with van der Waals surface area (Å²) in [5.74, 6) is 0. The molecule has 0 N–H and O–H groups in total. The molecule has 0 atom stereocenters. The fraction of sp³-hybridized carbons (Fsp3) is 0. The van der Waals surface area contributed by atoms with Crippen LogP contribution in [0.5, 0.6) is 0 Å². The molecule has 2 nitrogen and oxygen atoms in total. The minimum Gasteiger partial charge on any atom is -0.310 e. The highest BCUT2D eigenvalue weighted by Gasteiger charge is 2.17. The Morgan fingerprint density at radius 3 is 1.67 bits per heavy atom. The molecule has 2 aromatic heterocycles. The summed E-state index contributed by atoms with van der Waals surface area (Å²) in [7, 11) is 0. The van der Waals surface area contributed by atoms with Gasteiger partial charge in [-0.1, -0.05) is 133 Å². The maximum Gasteiger partial charge on any atom is 0.0547 e. The molecule has 0 amide bonds. The average Bonchev–Trinajstić information content (AvgIpc) is 3.82. The third-order valence-electron chi connectivity index (χ3n) is 11.2. The zero-order chi connectivity index (χ0) is 37.7. The monoisotopic (exact) mass is 744 g/mol. The van der Waals surface area contributed by atoms with E-state index in [2.05, 4.69) is 228 Å². The van der Waals surface area contributed by atoms with Crippen LogP contribution in [0.2, 0.25) is 0 Å². The Hall–Kier alpha value is -7.20. The number of hydrogen-bond donors (Lipinski definition) is 0. The van der Waals surface area contributed by atoms with Gasteiger partial charge in [-0.25, -0.2) is 0 Å². The summed E-state index contributed by atoms with van der Waals surface area (Å²) < 4.78 is 5.03. The van der Waals surface area contributed by atoms with Crippen molar-refractivity contribution in [3.05, 3.63) is 218 Å². The first-order valence-electron chi connectivity index (χ1n) is 19.4. The van der Waals surface area contributed by atoms with Crippen LogP contribution in [0.3, 0.4) is 0 Å². The van der Waals surface area contributed by atoms with Crippen LogP contribution < -0.4 is 4.90 Å². The minimum absolute atomic E-state index is 1.12. The van der Waals surface area contributed by atoms with Gasteiger partial charge in [0, 0.05) is 53.7 Å². The first kappa shape index (κ1) is 33.2. The molecule has 0 radical (unpaired) electrons. The summed E-state index contributed by atoms with van der Waals surface area (Å²) in [5, 5.41) is 5.10. The Morgan fingerprint density at radius 2 is 0.860 bits per heavy atom. The van der Waals surface area contributed by atoms with E-state index in [1.54, 1.807) is 0 Å². The molecule has 9 aromatic carbocycles. The Balaban J connectivity index is 0.974. The van der Waals surface area contributed by atoms with E-state index in [9.17, 15) is 0 Å². The molecule has 0 saturated heterocycles. The summed E-state index contributed by atoms with van der Waals surface area (Å²) in [6.45, 7) is 0. The van der Waals surface area contributed by atoms with Gasteiger partial charge in [0.15, 0.2) is 0 Å². The van der Waals surface area contributed by atoms with Crippen molar-refractivity contribution < 1.29 is 0 Å². The Bertz CT molecular complexity index is 3220. The van der Waals surface area contributed by atoms with E-state index in [1.807, 2.05) is 11.3 Å². The van der Waals surface area contributed by atoms with Gasteiger partial charge in [0.05, 0.1) is 11.0 Å². The van der Waals surface area contributed by atoms with Gasteiger partial charge in [-0.15, -0.1) is 11.3 Å². The van der Waals surface area contributed by atoms with E-state index in [0.717, 1.165) is 22.7 Å². The van der Waals surface area contributed by atoms with Crippen molar-refractivity contribution in [2.45, 2.75) is 0 Å². The first-order valence-corrected chi connectivity index (χ1v) is 20.2. The van der Waals surface area contributed by atoms with Crippen molar-refractivity contribution >= 4 is 70.4 Å². The fourth-order valence-corrected chi connectivity index (χ4v) is 9.51. The van der Waals surface area contributed by atoms with Gasteiger partial charge >= 0.3 is 0 Å². The number of hydrogen-bond acceptors (Lipinski definition) is 2. The third kappa shape index (κ3) is 5.88. The Kier molecular flexibility index (Phi) is 8.04. The molecular weight excluding hydrogens is 709 g/mol. The van der Waals surface area contributed by atoms with Crippen LogP contribution in [0.1, 0.15) is 0 Å². The molecule has 3 heteroatoms. The molecule has 268 valence electrons. The van der Waals surface area contributed by atoms with Crippen LogP contribution in [0, 0.1) is 0 Å². The number of aromatic nitrogens is 1. The lowest BCUT2D eigenvalue weighted by Crippen LogP contribution is -2.09. The number of thiophene rings is 1. The van der Waals surface area contributed by atoms with Crippen molar-refractivity contribution in [1.82, 2.24) is 4.57 Å². The van der Waals surface area contributed by atoms with Gasteiger partial charge in [-0.05, 0) is 118 Å². The van der Waals surface area contributed by atoms with Gasteiger partial charge in [0.1, 0.15) is 0 Å². The number of nitrogens with zero attached hydrogens (tertiary/aromatic N) is 2. The van der Waals surface area contributed by atoms with Crippen molar-refractivity contribution in [2.24, 2.45) is 0 Å². The zero-order valence-electron chi connectivity index (χ0n) is 31.1. The van der Waals surface area contributed by atoms with E-state index in [0.29, 0.717) is 0 Å². The maximum atomic E-state index is 2.41. The van der Waals surface area contributed by atoms with Crippen molar-refractivity contribution in [2.75, 3.05) is 4.90 Å². The van der Waals surface area contributed by atoms with Crippen LogP contribution in [0.25, 0.3) is 81.0 Å². The van der Waals surface area contributed by atoms with Crippen LogP contribution in [0.4, 0.5) is 17.1 Å². The Labute approximate surface area is 335 Å². The quantitative estimate of drug-likeness (QED) is 0.158. The molecule has 0 aliphatic carbocycles. The van der Waals surface area contributed by atoms with E-state index in [1.165, 1.54) is 75.4 Å². The topological polar surface area (TPSA) is 8.17 Å². The average molecular weight is 745 g/mol. The first-order chi connectivity index (χ1) is 28.2. The normalized spacial score (nSPS) is 11.5. The summed E-state index contributed by atoms with van der Waals surface area (Å²) >= 11 is 1.85. The molecule has 0 spiro atoms. The lowest BCUT2D eigenvalue weighted by Gasteiger charge is -2.26. The molecule has 0 aliphatic heterocycles. The van der Waals surface area contributed by atoms with Gasteiger partial charge in [0.2, 0.25) is 0 Å². The van der Waals surface area contributed by atoms with Crippen molar-refractivity contribution in [3.63, 3.8) is 0 Å². The summed E-state index contributed by atoms with van der Waals surface area (Å²) in [4.78, 5) is 2.36. The van der Waals surface area contributed by atoms with Gasteiger partial charge < -0.3 is 9.47 Å². The lowest BCUT2D eigenvalue weighted by molar-refractivity contribution is 1.18. The van der Waals surface area contributed by atoms with Gasteiger partial charge in [-0.3, -0.25) is 0 Å². The number of rotatable bonds is 7. The molecule has 0 unspecified atom stereocenters. The molecule has 0 aliphatic rings. The largest absolute Gasteiger partial charge is 0.310 e. The summed E-state index contributed by atoms with van der Waals surface area (Å²) in [6, 6.07) is 79.3. The second-order valence-corrected chi connectivity index (χ2v) is 15.7. The highest BCUT2D eigenvalue weighted by atomic mass is 32.1. The minimum atomic E-state index is 1.12. The van der Waals surface area contributed by atoms with Crippen LogP contribution in [-0.2, 0) is 0 Å². The zero-order valence-corrected chi connectivity index (χ0v) is 31.9. The van der Waals surface area contributed by atoms with E-state index >= 15 is 0 Å². The summed E-state index contributed by atoms with van der Waals surface area (Å²) in [5.41, 5.74) is 14.2. The lowest BCUT2D eigenvalue weighted by atomic mass is 9.97. The number of benzene rings is 9. The maximum absolute atomic E-state index is 2.41. The fourth-order valence-electron chi connectivity index (χ4n) is 8.42. The highest BCUT2D eigenvalue weighted by molar-refractivity contribution is 7.25. The molecule has 11 aromatic rings. The highest BCUT2D eigenvalue weighted by Crippen LogP contribution is 2.42. The van der Waals surface area contributed by atoms with Crippen molar-refractivity contribution in [3.8, 4) is 39.1 Å². The molecule has 0 fully saturated rings. The smallest absolute Gasteiger partial charge is 0.0547 e. The van der Waals surface area contributed by atoms with E-state index in [4.69, 9.17) is 0 Å². The predicted octanol–water partition coefficient (Wildman–Crippen LogP) is 15.6. The van der Waals surface area contributed by atoms with E-state index in [-0.39, 0.29) is 0 Å². The number of para-hydroxylation sites is 2. The standard InChI is InChI=1S/C54H36N2S/c1-4-13-37(14-5-1)41-26-31-51-49(34-41)47-30-25-42(35-52(47)56(51)44-19-8-3-9-20-44)40-16-12-15-39(33-40)38-23-27-45(28-24-38)55(43-17-6-2-7-18-43)46-29-32-54-50(36-46)48-21-10-11-22-53(48)57-54/h1-36H. The predicted molar refractivity (Wildman–Crippen MR) is 245 cm³/mol. The second kappa shape index (κ2) is 13.8. The van der Waals surface area contributed by atoms with Gasteiger partial charge in [0.25, 0.3) is 0 Å². The molecule has 0 bridgehead atoms. The van der Waals surface area contributed by atoms with Crippen molar-refractivity contribution in [1.29, 1.82) is 0 Å². The van der Waals surface area contributed by atoms with Crippen LogP contribution in [0.15, 0.2) is 218 Å². The Morgan fingerprint density at radius 1 is 0.298 bits per heavy atom. The molecule has 2 heterocycles. The van der Waals surface area contributed by atoms with Gasteiger partial charge in [-0.2, -0.15) is 0 Å². The SMILES string of the molecule is c1ccc(-c2ccc3c(c2)c2ccc(-c4cccc(-c5ccc(N(c6ccccc6)c6ccc7sc8ccccc8c7c6)cc5)c4)cc2n3-c2ccccc2)cc1. The molecule has 11 rings (SSSR count). The number of fused-ring (bicyclic) bond motifs is 6.